The molecule has 0 spiro atoms. The first-order chi connectivity index (χ1) is 6.22. The Balaban J connectivity index is 2.56. The molecule has 2 N–H and O–H groups in total. The summed E-state index contributed by atoms with van der Waals surface area (Å²) in [7, 11) is 0. The molecule has 1 rings (SSSR count). The molecule has 1 heterocycles. The van der Waals surface area contributed by atoms with Crippen molar-refractivity contribution >= 4 is 11.8 Å². The number of hydrogen-bond donors (Lipinski definition) is 1. The Bertz CT molecular complexity index is 253. The Kier molecular flexibility index (Phi) is 4.25. The lowest BCUT2D eigenvalue weighted by atomic mass is 10.3. The van der Waals surface area contributed by atoms with E-state index in [1.54, 1.807) is 11.8 Å². The molecule has 0 aliphatic rings. The fourth-order valence-electron chi connectivity index (χ4n) is 1.14. The summed E-state index contributed by atoms with van der Waals surface area (Å²) in [6.07, 6.45) is 1.05. The third-order valence-corrected chi connectivity index (χ3v) is 2.67. The zero-order chi connectivity index (χ0) is 9.68. The van der Waals surface area contributed by atoms with Crippen molar-refractivity contribution in [1.29, 1.82) is 0 Å². The van der Waals surface area contributed by atoms with Crippen LogP contribution in [0.5, 0.6) is 0 Å². The maximum absolute atomic E-state index is 5.42. The van der Waals surface area contributed by atoms with E-state index in [4.69, 9.17) is 5.73 Å². The van der Waals surface area contributed by atoms with Crippen molar-refractivity contribution in [2.24, 2.45) is 5.73 Å². The largest absolute Gasteiger partial charge is 0.330 e. The zero-order valence-corrected chi connectivity index (χ0v) is 9.03. The van der Waals surface area contributed by atoms with Gasteiger partial charge in [0.05, 0.1) is 5.03 Å². The molecular weight excluding hydrogens is 180 g/mol. The minimum atomic E-state index is 0.762. The van der Waals surface area contributed by atoms with Crippen molar-refractivity contribution in [2.75, 3.05) is 12.3 Å². The highest BCUT2D eigenvalue weighted by Gasteiger charge is 1.97. The van der Waals surface area contributed by atoms with Crippen LogP contribution in [0.4, 0.5) is 0 Å². The van der Waals surface area contributed by atoms with E-state index in [-0.39, 0.29) is 0 Å². The van der Waals surface area contributed by atoms with Crippen LogP contribution >= 0.6 is 11.8 Å². The molecule has 0 saturated heterocycles. The Hall–Kier alpha value is -0.540. The maximum Gasteiger partial charge on any atom is 0.0965 e. The molecule has 0 aromatic carbocycles. The summed E-state index contributed by atoms with van der Waals surface area (Å²) in [5.41, 5.74) is 7.79. The molecule has 0 radical (unpaired) electrons. The van der Waals surface area contributed by atoms with Crippen LogP contribution in [0.15, 0.2) is 17.2 Å². The van der Waals surface area contributed by atoms with Crippen LogP contribution < -0.4 is 5.73 Å². The molecule has 0 aliphatic carbocycles. The SMILES string of the molecule is Cc1cc(C)nc(SCCCN)c1. The van der Waals surface area contributed by atoms with Crippen LogP contribution in [0.3, 0.4) is 0 Å². The van der Waals surface area contributed by atoms with Gasteiger partial charge in [0.25, 0.3) is 0 Å². The number of pyridine rings is 1. The Morgan fingerprint density at radius 3 is 2.77 bits per heavy atom. The maximum atomic E-state index is 5.42. The van der Waals surface area contributed by atoms with Crippen LogP contribution in [0.1, 0.15) is 17.7 Å². The lowest BCUT2D eigenvalue weighted by Gasteiger charge is -2.02. The number of thioether (sulfide) groups is 1. The van der Waals surface area contributed by atoms with Gasteiger partial charge in [0.15, 0.2) is 0 Å². The van der Waals surface area contributed by atoms with Crippen molar-refractivity contribution < 1.29 is 0 Å². The summed E-state index contributed by atoms with van der Waals surface area (Å²) in [5.74, 6) is 1.06. The van der Waals surface area contributed by atoms with Gasteiger partial charge in [-0.3, -0.25) is 0 Å². The van der Waals surface area contributed by atoms with Gasteiger partial charge >= 0.3 is 0 Å². The number of aromatic nitrogens is 1. The fraction of sp³-hybridized carbons (Fsp3) is 0.500. The molecule has 1 aromatic heterocycles. The van der Waals surface area contributed by atoms with E-state index in [1.165, 1.54) is 5.56 Å². The fourth-order valence-corrected chi connectivity index (χ4v) is 2.14. The van der Waals surface area contributed by atoms with Gasteiger partial charge in [0, 0.05) is 11.4 Å². The summed E-state index contributed by atoms with van der Waals surface area (Å²) in [5, 5.41) is 1.12. The zero-order valence-electron chi connectivity index (χ0n) is 8.21. The van der Waals surface area contributed by atoms with Gasteiger partial charge in [-0.05, 0) is 44.5 Å². The van der Waals surface area contributed by atoms with Gasteiger partial charge in [-0.2, -0.15) is 0 Å². The van der Waals surface area contributed by atoms with Crippen molar-refractivity contribution in [3.05, 3.63) is 23.4 Å². The van der Waals surface area contributed by atoms with Crippen molar-refractivity contribution in [3.8, 4) is 0 Å². The van der Waals surface area contributed by atoms with Crippen molar-refractivity contribution in [1.82, 2.24) is 4.98 Å². The quantitative estimate of drug-likeness (QED) is 0.592. The van der Waals surface area contributed by atoms with Gasteiger partial charge in [-0.25, -0.2) is 4.98 Å². The molecule has 0 bridgehead atoms. The van der Waals surface area contributed by atoms with E-state index < -0.39 is 0 Å². The second kappa shape index (κ2) is 5.25. The first kappa shape index (κ1) is 10.5. The van der Waals surface area contributed by atoms with E-state index in [1.807, 2.05) is 6.92 Å². The van der Waals surface area contributed by atoms with Gasteiger partial charge in [0.2, 0.25) is 0 Å². The lowest BCUT2D eigenvalue weighted by molar-refractivity contribution is 0.939. The molecule has 2 nitrogen and oxygen atoms in total. The van der Waals surface area contributed by atoms with Gasteiger partial charge in [-0.1, -0.05) is 0 Å². The molecule has 0 amide bonds. The normalized spacial score (nSPS) is 10.4. The standard InChI is InChI=1S/C10H16N2S/c1-8-6-9(2)12-10(7-8)13-5-3-4-11/h6-7H,3-5,11H2,1-2H3. The predicted molar refractivity (Wildman–Crippen MR) is 58.1 cm³/mol. The highest BCUT2D eigenvalue weighted by atomic mass is 32.2. The van der Waals surface area contributed by atoms with E-state index in [0.717, 1.165) is 29.4 Å². The van der Waals surface area contributed by atoms with Crippen LogP contribution in [-0.4, -0.2) is 17.3 Å². The lowest BCUT2D eigenvalue weighted by Crippen LogP contribution is -1.99. The second-order valence-corrected chi connectivity index (χ2v) is 4.23. The van der Waals surface area contributed by atoms with Crippen LogP contribution in [0, 0.1) is 13.8 Å². The van der Waals surface area contributed by atoms with Gasteiger partial charge in [-0.15, -0.1) is 11.8 Å². The molecule has 3 heteroatoms. The van der Waals surface area contributed by atoms with Crippen molar-refractivity contribution in [2.45, 2.75) is 25.3 Å². The molecule has 1 aromatic rings. The van der Waals surface area contributed by atoms with Crippen LogP contribution in [0.25, 0.3) is 0 Å². The van der Waals surface area contributed by atoms with E-state index >= 15 is 0 Å². The van der Waals surface area contributed by atoms with Crippen molar-refractivity contribution in [3.63, 3.8) is 0 Å². The van der Waals surface area contributed by atoms with E-state index in [0.29, 0.717) is 0 Å². The van der Waals surface area contributed by atoms with Crippen LogP contribution in [-0.2, 0) is 0 Å². The number of nitrogens with zero attached hydrogens (tertiary/aromatic N) is 1. The van der Waals surface area contributed by atoms with E-state index in [2.05, 4.69) is 24.0 Å². The predicted octanol–water partition coefficient (Wildman–Crippen LogP) is 2.14. The summed E-state index contributed by atoms with van der Waals surface area (Å²) in [6.45, 7) is 4.89. The second-order valence-electron chi connectivity index (χ2n) is 3.11. The first-order valence-electron chi connectivity index (χ1n) is 4.50. The number of rotatable bonds is 4. The Morgan fingerprint density at radius 1 is 1.38 bits per heavy atom. The highest BCUT2D eigenvalue weighted by molar-refractivity contribution is 7.99. The molecule has 0 saturated carbocycles. The highest BCUT2D eigenvalue weighted by Crippen LogP contribution is 2.17. The summed E-state index contributed by atoms with van der Waals surface area (Å²) in [4.78, 5) is 4.43. The average Bonchev–Trinajstić information content (AvgIpc) is 2.03. The number of hydrogen-bond acceptors (Lipinski definition) is 3. The van der Waals surface area contributed by atoms with E-state index in [9.17, 15) is 0 Å². The molecule has 0 fully saturated rings. The molecule has 72 valence electrons. The summed E-state index contributed by atoms with van der Waals surface area (Å²) >= 11 is 1.78. The third kappa shape index (κ3) is 3.79. The third-order valence-electron chi connectivity index (χ3n) is 1.67. The van der Waals surface area contributed by atoms with Gasteiger partial charge in [0.1, 0.15) is 0 Å². The van der Waals surface area contributed by atoms with Crippen LogP contribution in [0.2, 0.25) is 0 Å². The Morgan fingerprint density at radius 2 is 2.15 bits per heavy atom. The number of nitrogens with two attached hydrogens (primary N) is 1. The minimum absolute atomic E-state index is 0.762. The average molecular weight is 196 g/mol. The topological polar surface area (TPSA) is 38.9 Å². The first-order valence-corrected chi connectivity index (χ1v) is 5.49. The summed E-state index contributed by atoms with van der Waals surface area (Å²) < 4.78 is 0. The number of aryl methyl sites for hydroxylation is 2. The monoisotopic (exact) mass is 196 g/mol. The van der Waals surface area contributed by atoms with Gasteiger partial charge < -0.3 is 5.73 Å². The molecule has 0 atom stereocenters. The smallest absolute Gasteiger partial charge is 0.0965 e. The summed E-state index contributed by atoms with van der Waals surface area (Å²) in [6, 6.07) is 4.21. The molecule has 0 aliphatic heterocycles. The Labute approximate surface area is 83.9 Å². The molecule has 0 unspecified atom stereocenters. The molecular formula is C10H16N2S. The minimum Gasteiger partial charge on any atom is -0.330 e. The molecule has 13 heavy (non-hydrogen) atoms.